The molecule has 0 aliphatic rings. The molecule has 1 atom stereocenters. The van der Waals surface area contributed by atoms with Gasteiger partial charge in [-0.3, -0.25) is 4.79 Å². The molecule has 0 spiro atoms. The van der Waals surface area contributed by atoms with E-state index in [2.05, 4.69) is 18.2 Å². The maximum atomic E-state index is 15.4. The van der Waals surface area contributed by atoms with Gasteiger partial charge in [-0.15, -0.1) is 0 Å². The van der Waals surface area contributed by atoms with Gasteiger partial charge in [0.15, 0.2) is 12.9 Å². The number of rotatable bonds is 7. The van der Waals surface area contributed by atoms with Gasteiger partial charge in [-0.1, -0.05) is 133 Å². The minimum Gasteiger partial charge on any atom is -0.313 e. The summed E-state index contributed by atoms with van der Waals surface area (Å²) in [6.07, 6.45) is 0.152. The highest BCUT2D eigenvalue weighted by molar-refractivity contribution is 7.79. The molecule has 0 bridgehead atoms. The van der Waals surface area contributed by atoms with Crippen molar-refractivity contribution >= 4 is 34.3 Å². The molecule has 5 aromatic carbocycles. The second kappa shape index (κ2) is 9.63. The summed E-state index contributed by atoms with van der Waals surface area (Å²) < 4.78 is 15.4. The summed E-state index contributed by atoms with van der Waals surface area (Å²) in [6.45, 7) is 0. The van der Waals surface area contributed by atoms with E-state index in [-0.39, 0.29) is 12.2 Å². The summed E-state index contributed by atoms with van der Waals surface area (Å²) in [6, 6.07) is 42.8. The number of fused-ring (bicyclic) bond motifs is 1. The summed E-state index contributed by atoms with van der Waals surface area (Å²) in [5.41, 5.74) is 1.08. The normalized spacial score (nSPS) is 12.4. The van der Waals surface area contributed by atoms with Crippen LogP contribution in [0.15, 0.2) is 133 Å². The SMILES string of the molecule is O=C(C[C@@H](c1cccc2ccccc12)P(=O)(c1ccccc1)c1ccccc1)c1ccccc1. The van der Waals surface area contributed by atoms with Crippen molar-refractivity contribution in [1.82, 2.24) is 0 Å². The van der Waals surface area contributed by atoms with Crippen LogP contribution in [0.4, 0.5) is 0 Å². The van der Waals surface area contributed by atoms with Crippen molar-refractivity contribution in [3.05, 3.63) is 145 Å². The van der Waals surface area contributed by atoms with Gasteiger partial charge in [0.2, 0.25) is 0 Å². The van der Waals surface area contributed by atoms with Crippen molar-refractivity contribution in [2.75, 3.05) is 0 Å². The molecule has 0 N–H and O–H groups in total. The fourth-order valence-corrected chi connectivity index (χ4v) is 7.99. The van der Waals surface area contributed by atoms with Gasteiger partial charge >= 0.3 is 0 Å². The monoisotopic (exact) mass is 460 g/mol. The van der Waals surface area contributed by atoms with Gasteiger partial charge in [0, 0.05) is 22.6 Å². The Bertz CT molecular complexity index is 1410. The van der Waals surface area contributed by atoms with E-state index in [9.17, 15) is 4.79 Å². The third-order valence-corrected chi connectivity index (χ3v) is 9.84. The van der Waals surface area contributed by atoms with Crippen molar-refractivity contribution in [2.45, 2.75) is 12.1 Å². The standard InChI is InChI=1S/C31H25O2P/c32-30(25-14-4-1-5-15-25)23-31(29-22-12-16-24-13-10-11-21-28(24)29)34(33,26-17-6-2-7-18-26)27-19-8-3-9-20-27/h1-22,31H,23H2/t31-/m0/s1. The van der Waals surface area contributed by atoms with Gasteiger partial charge in [0.1, 0.15) is 0 Å². The molecule has 34 heavy (non-hydrogen) atoms. The Balaban J connectivity index is 1.77. The van der Waals surface area contributed by atoms with Gasteiger partial charge < -0.3 is 4.57 Å². The highest BCUT2D eigenvalue weighted by Crippen LogP contribution is 2.60. The Morgan fingerprint density at radius 3 is 1.71 bits per heavy atom. The third-order valence-electron chi connectivity index (χ3n) is 6.38. The average Bonchev–Trinajstić information content (AvgIpc) is 2.92. The number of ketones is 1. The largest absolute Gasteiger partial charge is 0.313 e. The van der Waals surface area contributed by atoms with Crippen LogP contribution in [0.2, 0.25) is 0 Å². The van der Waals surface area contributed by atoms with E-state index >= 15 is 4.57 Å². The van der Waals surface area contributed by atoms with Gasteiger partial charge in [-0.2, -0.15) is 0 Å². The van der Waals surface area contributed by atoms with Crippen molar-refractivity contribution in [1.29, 1.82) is 0 Å². The Labute approximate surface area is 200 Å². The molecule has 0 heterocycles. The molecule has 0 saturated heterocycles. The molecule has 5 aromatic rings. The van der Waals surface area contributed by atoms with Gasteiger partial charge in [0.25, 0.3) is 0 Å². The van der Waals surface area contributed by atoms with E-state index < -0.39 is 12.8 Å². The molecule has 0 unspecified atom stereocenters. The number of carbonyl (C=O) groups excluding carboxylic acids is 1. The lowest BCUT2D eigenvalue weighted by Gasteiger charge is -2.30. The molecule has 3 heteroatoms. The van der Waals surface area contributed by atoms with E-state index in [1.807, 2.05) is 115 Å². The number of hydrogen-bond acceptors (Lipinski definition) is 2. The smallest absolute Gasteiger partial charge is 0.163 e. The maximum Gasteiger partial charge on any atom is 0.163 e. The number of Topliss-reactive ketones (excluding diaryl/α,β-unsaturated/α-hetero) is 1. The van der Waals surface area contributed by atoms with E-state index in [1.165, 1.54) is 0 Å². The Kier molecular flexibility index (Phi) is 6.25. The molecule has 0 saturated carbocycles. The van der Waals surface area contributed by atoms with Crippen molar-refractivity contribution in [3.63, 3.8) is 0 Å². The van der Waals surface area contributed by atoms with Crippen LogP contribution in [0.1, 0.15) is 28.0 Å². The molecule has 5 rings (SSSR count). The number of carbonyl (C=O) groups is 1. The summed E-state index contributed by atoms with van der Waals surface area (Å²) in [5, 5.41) is 3.63. The Morgan fingerprint density at radius 2 is 1.09 bits per heavy atom. The fourth-order valence-electron chi connectivity index (χ4n) is 4.70. The molecular weight excluding hydrogens is 435 g/mol. The highest BCUT2D eigenvalue weighted by atomic mass is 31.2. The average molecular weight is 461 g/mol. The first kappa shape index (κ1) is 22.1. The van der Waals surface area contributed by atoms with E-state index in [0.717, 1.165) is 26.9 Å². The highest BCUT2D eigenvalue weighted by Gasteiger charge is 2.39. The van der Waals surface area contributed by atoms with Gasteiger partial charge in [-0.25, -0.2) is 0 Å². The van der Waals surface area contributed by atoms with Crippen LogP contribution in [0.5, 0.6) is 0 Å². The first-order valence-corrected chi connectivity index (χ1v) is 13.2. The van der Waals surface area contributed by atoms with Crippen LogP contribution in [-0.4, -0.2) is 5.78 Å². The first-order valence-electron chi connectivity index (χ1n) is 11.4. The zero-order valence-corrected chi connectivity index (χ0v) is 19.6. The summed E-state index contributed by atoms with van der Waals surface area (Å²) in [5.74, 6) is -0.00868. The molecular formula is C31H25O2P. The fraction of sp³-hybridized carbons (Fsp3) is 0.0645. The molecule has 0 aromatic heterocycles. The second-order valence-electron chi connectivity index (χ2n) is 8.41. The molecule has 0 radical (unpaired) electrons. The van der Waals surface area contributed by atoms with E-state index in [0.29, 0.717) is 5.56 Å². The lowest BCUT2D eigenvalue weighted by atomic mass is 9.97. The second-order valence-corrected chi connectivity index (χ2v) is 11.4. The minimum atomic E-state index is -3.26. The van der Waals surface area contributed by atoms with Crippen LogP contribution in [0.25, 0.3) is 10.8 Å². The molecule has 0 aliphatic carbocycles. The lowest BCUT2D eigenvalue weighted by Crippen LogP contribution is -2.23. The third kappa shape index (κ3) is 4.14. The first-order chi connectivity index (χ1) is 16.7. The molecule has 0 amide bonds. The molecule has 0 aliphatic heterocycles. The topological polar surface area (TPSA) is 34.1 Å². The Hall–Kier alpha value is -3.74. The van der Waals surface area contributed by atoms with Crippen molar-refractivity contribution in [3.8, 4) is 0 Å². The number of benzene rings is 5. The van der Waals surface area contributed by atoms with Crippen LogP contribution in [0.3, 0.4) is 0 Å². The summed E-state index contributed by atoms with van der Waals surface area (Å²) >= 11 is 0. The zero-order chi connectivity index (χ0) is 23.4. The summed E-state index contributed by atoms with van der Waals surface area (Å²) in [7, 11) is -3.26. The van der Waals surface area contributed by atoms with E-state index in [1.54, 1.807) is 0 Å². The predicted molar refractivity (Wildman–Crippen MR) is 142 cm³/mol. The number of hydrogen-bond donors (Lipinski definition) is 0. The van der Waals surface area contributed by atoms with Gasteiger partial charge in [-0.05, 0) is 16.3 Å². The van der Waals surface area contributed by atoms with Crippen LogP contribution >= 0.6 is 7.14 Å². The quantitative estimate of drug-likeness (QED) is 0.191. The Morgan fingerprint density at radius 1 is 0.588 bits per heavy atom. The lowest BCUT2D eigenvalue weighted by molar-refractivity contribution is 0.0981. The van der Waals surface area contributed by atoms with Crippen LogP contribution in [0, 0.1) is 0 Å². The minimum absolute atomic E-state index is 0.00868. The van der Waals surface area contributed by atoms with Crippen molar-refractivity contribution < 1.29 is 9.36 Å². The molecule has 2 nitrogen and oxygen atoms in total. The van der Waals surface area contributed by atoms with Gasteiger partial charge in [0.05, 0.1) is 5.66 Å². The van der Waals surface area contributed by atoms with Crippen molar-refractivity contribution in [2.24, 2.45) is 0 Å². The maximum absolute atomic E-state index is 15.4. The van der Waals surface area contributed by atoms with Crippen LogP contribution in [-0.2, 0) is 4.57 Å². The van der Waals surface area contributed by atoms with Crippen LogP contribution < -0.4 is 10.6 Å². The summed E-state index contributed by atoms with van der Waals surface area (Å²) in [4.78, 5) is 13.6. The zero-order valence-electron chi connectivity index (χ0n) is 18.7. The molecule has 0 fully saturated rings. The van der Waals surface area contributed by atoms with E-state index in [4.69, 9.17) is 0 Å². The predicted octanol–water partition coefficient (Wildman–Crippen LogP) is 7.17. The molecule has 166 valence electrons.